The Kier molecular flexibility index (Phi) is 11.6. The number of benzene rings is 3. The quantitative estimate of drug-likeness (QED) is 0.136. The van der Waals surface area contributed by atoms with Crippen molar-refractivity contribution in [2.75, 3.05) is 6.61 Å². The van der Waals surface area contributed by atoms with Gasteiger partial charge in [-0.25, -0.2) is 0 Å². The summed E-state index contributed by atoms with van der Waals surface area (Å²) in [6, 6.07) is 31.2. The highest BCUT2D eigenvalue weighted by Gasteiger charge is 2.65. The Labute approximate surface area is 287 Å². The van der Waals surface area contributed by atoms with Gasteiger partial charge in [-0.3, -0.25) is 0 Å². The number of hydrogen-bond donors (Lipinski definition) is 0. The van der Waals surface area contributed by atoms with Crippen LogP contribution in [-0.4, -0.2) is 49.5 Å². The average Bonchev–Trinajstić information content (AvgIpc) is 3.47. The summed E-state index contributed by atoms with van der Waals surface area (Å²) in [6.07, 6.45) is 10.7. The zero-order valence-corrected chi connectivity index (χ0v) is 28.6. The molecule has 0 radical (unpaired) electrons. The summed E-state index contributed by atoms with van der Waals surface area (Å²) in [5.74, 6) is 0.417. The van der Waals surface area contributed by atoms with E-state index >= 15 is 0 Å². The van der Waals surface area contributed by atoms with Crippen LogP contribution in [0.2, 0.25) is 5.82 Å². The summed E-state index contributed by atoms with van der Waals surface area (Å²) in [5, 5.41) is 0. The molecule has 0 aromatic heterocycles. The second-order valence-electron chi connectivity index (χ2n) is 14.4. The van der Waals surface area contributed by atoms with Crippen molar-refractivity contribution in [2.45, 2.75) is 139 Å². The molecule has 0 aliphatic carbocycles. The predicted octanol–water partition coefficient (Wildman–Crippen LogP) is 9.03. The van der Waals surface area contributed by atoms with Gasteiger partial charge in [0.05, 0.1) is 19.8 Å². The van der Waals surface area contributed by atoms with E-state index in [9.17, 15) is 0 Å². The fourth-order valence-corrected chi connectivity index (χ4v) is 8.64. The minimum Gasteiger partial charge on any atom is -0.430 e. The summed E-state index contributed by atoms with van der Waals surface area (Å²) in [7, 11) is 0. The lowest BCUT2D eigenvalue weighted by Gasteiger charge is -2.57. The molecule has 3 aromatic rings. The molecule has 3 aromatic carbocycles. The maximum atomic E-state index is 7.55. The monoisotopic (exact) mass is 652 g/mol. The van der Waals surface area contributed by atoms with Gasteiger partial charge >= 0.3 is 6.92 Å². The summed E-state index contributed by atoms with van der Waals surface area (Å²) in [5.41, 5.74) is 2.56. The van der Waals surface area contributed by atoms with Crippen LogP contribution in [0, 0.1) is 0 Å². The molecule has 1 unspecified atom stereocenters. The highest BCUT2D eigenvalue weighted by Crippen LogP contribution is 2.50. The van der Waals surface area contributed by atoms with Gasteiger partial charge in [-0.05, 0) is 36.2 Å². The van der Waals surface area contributed by atoms with E-state index in [0.717, 1.165) is 48.8 Å². The maximum absolute atomic E-state index is 7.55. The summed E-state index contributed by atoms with van der Waals surface area (Å²) in [4.78, 5) is 0. The molecule has 0 amide bonds. The van der Waals surface area contributed by atoms with Crippen LogP contribution in [0.3, 0.4) is 0 Å². The van der Waals surface area contributed by atoms with E-state index in [-0.39, 0.29) is 31.3 Å². The first-order valence-corrected chi connectivity index (χ1v) is 18.7. The lowest BCUT2D eigenvalue weighted by Crippen LogP contribution is -2.74. The Hall–Kier alpha value is -2.52. The molecule has 4 aliphatic heterocycles. The Balaban J connectivity index is 1.30. The first-order chi connectivity index (χ1) is 23.7. The van der Waals surface area contributed by atoms with Crippen LogP contribution in [0.1, 0.15) is 101 Å². The maximum Gasteiger partial charge on any atom is 0.332 e. The Morgan fingerprint density at radius 3 is 2.06 bits per heavy atom. The molecule has 2 bridgehead atoms. The zero-order chi connectivity index (χ0) is 32.6. The van der Waals surface area contributed by atoms with E-state index in [1.54, 1.807) is 0 Å². The highest BCUT2D eigenvalue weighted by molar-refractivity contribution is 6.57. The molecular formula is C41H53BO6. The van der Waals surface area contributed by atoms with Crippen LogP contribution in [0.15, 0.2) is 91.0 Å². The van der Waals surface area contributed by atoms with E-state index in [2.05, 4.69) is 79.7 Å². The van der Waals surface area contributed by atoms with Crippen molar-refractivity contribution >= 4 is 6.92 Å². The van der Waals surface area contributed by atoms with Gasteiger partial charge in [0.25, 0.3) is 0 Å². The Morgan fingerprint density at radius 2 is 1.40 bits per heavy atom. The third kappa shape index (κ3) is 7.77. The van der Waals surface area contributed by atoms with Crippen molar-refractivity contribution in [2.24, 2.45) is 0 Å². The summed E-state index contributed by atoms with van der Waals surface area (Å²) < 4.78 is 42.5. The van der Waals surface area contributed by atoms with Gasteiger partial charge < -0.3 is 28.3 Å². The van der Waals surface area contributed by atoms with Crippen LogP contribution in [0.4, 0.5) is 0 Å². The molecule has 48 heavy (non-hydrogen) atoms. The second-order valence-corrected chi connectivity index (χ2v) is 14.4. The highest BCUT2D eigenvalue weighted by atomic mass is 16.7. The van der Waals surface area contributed by atoms with Crippen LogP contribution in [0.25, 0.3) is 0 Å². The molecule has 4 saturated heterocycles. The standard InChI is InChI=1S/C41H53BO6/c1-2-3-4-14-27-41(42-34-23-15-25-35(48-42)26-16-24-34)39(44-29-32-19-10-6-11-20-32)38(43-28-31-17-8-5-9-18-31)37-36(47-41)30-45-40(46-37)33-21-12-7-13-22-33/h5-13,17-22,34-40H,2-4,14-16,23-30H2,1H3/t34?,35?,36-,37-,38+,39+,40?,41+/m1/s1. The third-order valence-corrected chi connectivity index (χ3v) is 11.0. The smallest absolute Gasteiger partial charge is 0.332 e. The molecule has 256 valence electrons. The first-order valence-electron chi connectivity index (χ1n) is 18.7. The molecule has 4 fully saturated rings. The summed E-state index contributed by atoms with van der Waals surface area (Å²) in [6.45, 7) is 3.55. The van der Waals surface area contributed by atoms with Gasteiger partial charge in [-0.15, -0.1) is 0 Å². The summed E-state index contributed by atoms with van der Waals surface area (Å²) >= 11 is 0. The average molecular weight is 653 g/mol. The molecule has 6 atom stereocenters. The molecule has 4 heterocycles. The van der Waals surface area contributed by atoms with Crippen LogP contribution in [-0.2, 0) is 41.6 Å². The Morgan fingerprint density at radius 1 is 0.750 bits per heavy atom. The van der Waals surface area contributed by atoms with E-state index in [4.69, 9.17) is 28.3 Å². The molecule has 7 heteroatoms. The second kappa shape index (κ2) is 16.5. The third-order valence-electron chi connectivity index (χ3n) is 11.0. The van der Waals surface area contributed by atoms with E-state index in [1.807, 2.05) is 18.2 Å². The molecule has 7 rings (SSSR count). The molecule has 0 N–H and O–H groups in total. The van der Waals surface area contributed by atoms with E-state index in [1.165, 1.54) is 38.5 Å². The van der Waals surface area contributed by atoms with Gasteiger partial charge in [0, 0.05) is 11.7 Å². The van der Waals surface area contributed by atoms with Crippen molar-refractivity contribution < 1.29 is 28.3 Å². The SMILES string of the molecule is CCCCCC[C@]1(B2OC3CCCC2CCC3)O[C@@H]2COC(c3ccccc3)O[C@H]2[C@H](OCc2ccccc2)[C@@H]1OCc1ccccc1. The number of rotatable bonds is 13. The van der Waals surface area contributed by atoms with Crippen LogP contribution in [0.5, 0.6) is 0 Å². The molecule has 0 spiro atoms. The topological polar surface area (TPSA) is 55.4 Å². The predicted molar refractivity (Wildman–Crippen MR) is 188 cm³/mol. The molecule has 4 aliphatic rings. The number of fused-ring (bicyclic) bond motifs is 4. The minimum atomic E-state index is -0.699. The molecular weight excluding hydrogens is 599 g/mol. The lowest BCUT2D eigenvalue weighted by atomic mass is 9.39. The van der Waals surface area contributed by atoms with Gasteiger partial charge in [0.15, 0.2) is 6.29 Å². The molecule has 6 nitrogen and oxygen atoms in total. The lowest BCUT2D eigenvalue weighted by molar-refractivity contribution is -0.351. The first kappa shape index (κ1) is 34.0. The number of ether oxygens (including phenoxy) is 5. The number of hydrogen-bond acceptors (Lipinski definition) is 6. The van der Waals surface area contributed by atoms with Crippen molar-refractivity contribution in [3.8, 4) is 0 Å². The zero-order valence-electron chi connectivity index (χ0n) is 28.6. The number of unbranched alkanes of at least 4 members (excludes halogenated alkanes) is 3. The van der Waals surface area contributed by atoms with Crippen molar-refractivity contribution in [1.29, 1.82) is 0 Å². The van der Waals surface area contributed by atoms with Gasteiger partial charge in [-0.2, -0.15) is 0 Å². The fraction of sp³-hybridized carbons (Fsp3) is 0.561. The van der Waals surface area contributed by atoms with Gasteiger partial charge in [0.1, 0.15) is 29.9 Å². The normalized spacial score (nSPS) is 31.9. The minimum absolute atomic E-state index is 0.0782. The van der Waals surface area contributed by atoms with Crippen molar-refractivity contribution in [3.63, 3.8) is 0 Å². The van der Waals surface area contributed by atoms with E-state index in [0.29, 0.717) is 25.6 Å². The van der Waals surface area contributed by atoms with Crippen LogP contribution >= 0.6 is 0 Å². The van der Waals surface area contributed by atoms with Gasteiger partial charge in [-0.1, -0.05) is 149 Å². The largest absolute Gasteiger partial charge is 0.430 e. The van der Waals surface area contributed by atoms with Crippen molar-refractivity contribution in [1.82, 2.24) is 0 Å². The van der Waals surface area contributed by atoms with E-state index < -0.39 is 17.9 Å². The Bertz CT molecular complexity index is 1370. The van der Waals surface area contributed by atoms with Crippen LogP contribution < -0.4 is 0 Å². The molecule has 0 saturated carbocycles. The fourth-order valence-electron chi connectivity index (χ4n) is 8.64. The van der Waals surface area contributed by atoms with Gasteiger partial charge in [0.2, 0.25) is 0 Å². The van der Waals surface area contributed by atoms with Crippen molar-refractivity contribution in [3.05, 3.63) is 108 Å².